The summed E-state index contributed by atoms with van der Waals surface area (Å²) >= 11 is 0. The van der Waals surface area contributed by atoms with E-state index in [4.69, 9.17) is 9.84 Å². The first-order chi connectivity index (χ1) is 7.49. The van der Waals surface area contributed by atoms with Gasteiger partial charge in [-0.2, -0.15) is 4.31 Å². The minimum absolute atomic E-state index is 0.0476. The van der Waals surface area contributed by atoms with Crippen LogP contribution in [0.3, 0.4) is 0 Å². The number of aliphatic carboxylic acids is 1. The molecule has 8 heteroatoms. The number of nitrogens with zero attached hydrogens (tertiary/aromatic N) is 1. The third-order valence-corrected chi connectivity index (χ3v) is 4.10. The van der Waals surface area contributed by atoms with E-state index < -0.39 is 22.0 Å². The van der Waals surface area contributed by atoms with Gasteiger partial charge in [-0.3, -0.25) is 4.79 Å². The maximum atomic E-state index is 11.8. The summed E-state index contributed by atoms with van der Waals surface area (Å²) in [4.78, 5) is 10.9. The zero-order chi connectivity index (χ0) is 12.2. The summed E-state index contributed by atoms with van der Waals surface area (Å²) in [7, 11) is -2.20. The molecule has 0 aliphatic carbocycles. The molecule has 1 rings (SSSR count). The predicted molar refractivity (Wildman–Crippen MR) is 54.6 cm³/mol. The summed E-state index contributed by atoms with van der Waals surface area (Å²) in [6.07, 6.45) is 0. The predicted octanol–water partition coefficient (Wildman–Crippen LogP) is -1.25. The topological polar surface area (TPSA) is 93.1 Å². The van der Waals surface area contributed by atoms with Crippen molar-refractivity contribution in [1.29, 1.82) is 0 Å². The van der Waals surface area contributed by atoms with E-state index in [2.05, 4.69) is 4.74 Å². The molecule has 16 heavy (non-hydrogen) atoms. The van der Waals surface area contributed by atoms with E-state index in [9.17, 15) is 13.2 Å². The molecule has 0 saturated carbocycles. The maximum absolute atomic E-state index is 11.8. The second kappa shape index (κ2) is 5.58. The van der Waals surface area contributed by atoms with Gasteiger partial charge in [0, 0.05) is 13.7 Å². The number of hydrogen-bond donors (Lipinski definition) is 1. The molecule has 0 amide bonds. The number of morpholine rings is 1. The Bertz CT molecular complexity index is 340. The molecule has 1 aliphatic rings. The van der Waals surface area contributed by atoms with Crippen LogP contribution in [-0.2, 0) is 24.3 Å². The van der Waals surface area contributed by atoms with Crippen LogP contribution >= 0.6 is 0 Å². The Kier molecular flexibility index (Phi) is 4.66. The molecule has 1 aliphatic heterocycles. The minimum atomic E-state index is -3.59. The van der Waals surface area contributed by atoms with Crippen LogP contribution in [0.2, 0.25) is 0 Å². The molecule has 0 radical (unpaired) electrons. The van der Waals surface area contributed by atoms with Crippen molar-refractivity contribution in [2.45, 2.75) is 6.04 Å². The zero-order valence-corrected chi connectivity index (χ0v) is 9.77. The number of rotatable bonds is 5. The van der Waals surface area contributed by atoms with E-state index in [0.717, 1.165) is 4.31 Å². The summed E-state index contributed by atoms with van der Waals surface area (Å²) in [6.45, 7) is 0.229. The molecule has 1 fully saturated rings. The number of methoxy groups -OCH3 is 1. The van der Waals surface area contributed by atoms with Gasteiger partial charge in [0.05, 0.1) is 25.6 Å². The van der Waals surface area contributed by atoms with Crippen LogP contribution < -0.4 is 0 Å². The van der Waals surface area contributed by atoms with Crippen molar-refractivity contribution < 1.29 is 27.8 Å². The van der Waals surface area contributed by atoms with Crippen LogP contribution in [0.25, 0.3) is 0 Å². The van der Waals surface area contributed by atoms with Crippen molar-refractivity contribution in [3.05, 3.63) is 0 Å². The van der Waals surface area contributed by atoms with Crippen LogP contribution in [0.1, 0.15) is 0 Å². The highest BCUT2D eigenvalue weighted by Crippen LogP contribution is 2.13. The fourth-order valence-corrected chi connectivity index (χ4v) is 2.93. The summed E-state index contributed by atoms with van der Waals surface area (Å²) in [5.74, 6) is -1.41. The van der Waals surface area contributed by atoms with E-state index in [-0.39, 0.29) is 32.1 Å². The third kappa shape index (κ3) is 3.14. The summed E-state index contributed by atoms with van der Waals surface area (Å²) in [6, 6.07) is -1.13. The lowest BCUT2D eigenvalue weighted by Crippen LogP contribution is -2.53. The van der Waals surface area contributed by atoms with Crippen molar-refractivity contribution in [3.8, 4) is 0 Å². The molecule has 0 aromatic rings. The Labute approximate surface area is 94.0 Å². The summed E-state index contributed by atoms with van der Waals surface area (Å²) < 4.78 is 34.2. The highest BCUT2D eigenvalue weighted by atomic mass is 32.2. The number of sulfonamides is 1. The van der Waals surface area contributed by atoms with Gasteiger partial charge < -0.3 is 14.6 Å². The quantitative estimate of drug-likeness (QED) is 0.658. The van der Waals surface area contributed by atoms with E-state index in [1.54, 1.807) is 0 Å². The molecule has 1 N–H and O–H groups in total. The van der Waals surface area contributed by atoms with Crippen LogP contribution in [0.15, 0.2) is 0 Å². The molecular formula is C8H15NO6S. The van der Waals surface area contributed by atoms with Crippen molar-refractivity contribution in [2.75, 3.05) is 39.2 Å². The normalized spacial score (nSPS) is 23.2. The second-order valence-corrected chi connectivity index (χ2v) is 5.39. The number of carboxylic acids is 1. The second-order valence-electron chi connectivity index (χ2n) is 3.35. The highest BCUT2D eigenvalue weighted by Gasteiger charge is 2.36. The van der Waals surface area contributed by atoms with E-state index in [1.165, 1.54) is 7.11 Å². The SMILES string of the molecule is COCCS(=O)(=O)N1CCOCC1C(=O)O. The molecule has 1 saturated heterocycles. The molecule has 0 bridgehead atoms. The minimum Gasteiger partial charge on any atom is -0.480 e. The van der Waals surface area contributed by atoms with Crippen molar-refractivity contribution in [1.82, 2.24) is 4.31 Å². The van der Waals surface area contributed by atoms with Gasteiger partial charge in [-0.05, 0) is 0 Å². The maximum Gasteiger partial charge on any atom is 0.324 e. The largest absolute Gasteiger partial charge is 0.480 e. The number of carboxylic acid groups (broad SMARTS) is 1. The lowest BCUT2D eigenvalue weighted by atomic mass is 10.3. The van der Waals surface area contributed by atoms with Crippen LogP contribution in [0.5, 0.6) is 0 Å². The Hall–Kier alpha value is -0.700. The van der Waals surface area contributed by atoms with E-state index in [1.807, 2.05) is 0 Å². The van der Waals surface area contributed by atoms with Gasteiger partial charge in [0.25, 0.3) is 0 Å². The molecule has 0 aromatic heterocycles. The third-order valence-electron chi connectivity index (χ3n) is 2.27. The summed E-state index contributed by atoms with van der Waals surface area (Å²) in [5.41, 5.74) is 0. The van der Waals surface area contributed by atoms with Gasteiger partial charge >= 0.3 is 5.97 Å². The van der Waals surface area contributed by atoms with Crippen LogP contribution in [-0.4, -0.2) is 69.1 Å². The van der Waals surface area contributed by atoms with Gasteiger partial charge in [-0.15, -0.1) is 0 Å². The highest BCUT2D eigenvalue weighted by molar-refractivity contribution is 7.89. The lowest BCUT2D eigenvalue weighted by Gasteiger charge is -2.31. The first-order valence-electron chi connectivity index (χ1n) is 4.78. The first-order valence-corrected chi connectivity index (χ1v) is 6.39. The molecule has 1 heterocycles. The van der Waals surface area contributed by atoms with Gasteiger partial charge in [0.1, 0.15) is 6.04 Å². The lowest BCUT2D eigenvalue weighted by molar-refractivity contribution is -0.146. The molecule has 1 unspecified atom stereocenters. The molecule has 94 valence electrons. The number of ether oxygens (including phenoxy) is 2. The van der Waals surface area contributed by atoms with Gasteiger partial charge in [-0.1, -0.05) is 0 Å². The molecule has 1 atom stereocenters. The van der Waals surface area contributed by atoms with Gasteiger partial charge in [-0.25, -0.2) is 8.42 Å². The monoisotopic (exact) mass is 253 g/mol. The molecule has 0 aromatic carbocycles. The Morgan fingerprint density at radius 3 is 2.88 bits per heavy atom. The first kappa shape index (κ1) is 13.4. The van der Waals surface area contributed by atoms with E-state index in [0.29, 0.717) is 0 Å². The molecular weight excluding hydrogens is 238 g/mol. The Balaban J connectivity index is 2.78. The van der Waals surface area contributed by atoms with E-state index >= 15 is 0 Å². The smallest absolute Gasteiger partial charge is 0.324 e. The molecule has 7 nitrogen and oxygen atoms in total. The van der Waals surface area contributed by atoms with Crippen molar-refractivity contribution >= 4 is 16.0 Å². The number of hydrogen-bond acceptors (Lipinski definition) is 5. The fourth-order valence-electron chi connectivity index (χ4n) is 1.42. The van der Waals surface area contributed by atoms with Gasteiger partial charge in [0.2, 0.25) is 10.0 Å². The summed E-state index contributed by atoms with van der Waals surface area (Å²) in [5, 5.41) is 8.88. The fraction of sp³-hybridized carbons (Fsp3) is 0.875. The standard InChI is InChI=1S/C8H15NO6S/c1-14-4-5-16(12,13)9-2-3-15-6-7(9)8(10)11/h7H,2-6H2,1H3,(H,10,11). The zero-order valence-electron chi connectivity index (χ0n) is 8.96. The Morgan fingerprint density at radius 2 is 2.31 bits per heavy atom. The average molecular weight is 253 g/mol. The van der Waals surface area contributed by atoms with Crippen LogP contribution in [0, 0.1) is 0 Å². The Morgan fingerprint density at radius 1 is 1.62 bits per heavy atom. The number of carbonyl (C=O) groups is 1. The van der Waals surface area contributed by atoms with Crippen LogP contribution in [0.4, 0.5) is 0 Å². The van der Waals surface area contributed by atoms with Crippen molar-refractivity contribution in [2.24, 2.45) is 0 Å². The molecule has 0 spiro atoms. The average Bonchev–Trinajstić information content (AvgIpc) is 2.26. The van der Waals surface area contributed by atoms with Crippen molar-refractivity contribution in [3.63, 3.8) is 0 Å². The van der Waals surface area contributed by atoms with Gasteiger partial charge in [0.15, 0.2) is 0 Å².